The van der Waals surface area contributed by atoms with Crippen molar-refractivity contribution >= 4 is 51.9 Å². The third-order valence-corrected chi connectivity index (χ3v) is 5.32. The van der Waals surface area contributed by atoms with Crippen LogP contribution in [0.25, 0.3) is 6.08 Å². The summed E-state index contributed by atoms with van der Waals surface area (Å²) in [6.07, 6.45) is 1.60. The van der Waals surface area contributed by atoms with Gasteiger partial charge in [-0.05, 0) is 37.3 Å². The van der Waals surface area contributed by atoms with Crippen LogP contribution in [0.5, 0.6) is 11.5 Å². The number of para-hydroxylation sites is 1. The van der Waals surface area contributed by atoms with Crippen molar-refractivity contribution in [3.63, 3.8) is 0 Å². The van der Waals surface area contributed by atoms with Gasteiger partial charge in [-0.2, -0.15) is 0 Å². The highest BCUT2D eigenvalue weighted by Gasteiger charge is 2.33. The van der Waals surface area contributed by atoms with Crippen molar-refractivity contribution in [3.05, 3.63) is 58.8 Å². The molecule has 0 radical (unpaired) electrons. The number of benzene rings is 2. The van der Waals surface area contributed by atoms with Gasteiger partial charge < -0.3 is 14.2 Å². The first kappa shape index (κ1) is 21.8. The molecule has 156 valence electrons. The lowest BCUT2D eigenvalue weighted by atomic mass is 10.1. The van der Waals surface area contributed by atoms with Crippen molar-refractivity contribution in [1.29, 1.82) is 0 Å². The normalized spacial score (nSPS) is 14.9. The van der Waals surface area contributed by atoms with E-state index in [1.807, 2.05) is 0 Å². The Morgan fingerprint density at radius 2 is 2.03 bits per heavy atom. The number of carbonyl (C=O) groups excluding carboxylic acids is 2. The molecule has 0 atom stereocenters. The number of thiocarbonyl (C=S) groups is 1. The standard InChI is InChI=1S/C21H18FNO5S2/c1-3-27-18(24)12-28-19-13(6-4-9-16(19)26-2)10-17-20(25)23(21(29)30-17)15-8-5-7-14(22)11-15/h4-11H,3,12H2,1-2H3/b17-10+. The lowest BCUT2D eigenvalue weighted by Gasteiger charge is -2.14. The molecule has 0 spiro atoms. The first-order valence-corrected chi connectivity index (χ1v) is 10.2. The van der Waals surface area contributed by atoms with Crippen LogP contribution in [0, 0.1) is 5.82 Å². The molecule has 0 unspecified atom stereocenters. The van der Waals surface area contributed by atoms with E-state index in [9.17, 15) is 14.0 Å². The molecule has 9 heteroatoms. The predicted molar refractivity (Wildman–Crippen MR) is 117 cm³/mol. The summed E-state index contributed by atoms with van der Waals surface area (Å²) in [6.45, 7) is 1.63. The zero-order valence-electron chi connectivity index (χ0n) is 16.2. The van der Waals surface area contributed by atoms with Gasteiger partial charge in [0.2, 0.25) is 0 Å². The fourth-order valence-corrected chi connectivity index (χ4v) is 4.03. The average Bonchev–Trinajstić information content (AvgIpc) is 3.00. The number of hydrogen-bond acceptors (Lipinski definition) is 7. The Hall–Kier alpha value is -2.91. The summed E-state index contributed by atoms with van der Waals surface area (Å²) in [5, 5.41) is 0. The maximum Gasteiger partial charge on any atom is 0.344 e. The van der Waals surface area contributed by atoms with Gasteiger partial charge in [0.05, 0.1) is 24.3 Å². The Balaban J connectivity index is 1.92. The van der Waals surface area contributed by atoms with Crippen LogP contribution in [0.4, 0.5) is 10.1 Å². The molecule has 1 aliphatic rings. The molecule has 2 aromatic rings. The SMILES string of the molecule is CCOC(=O)COc1c(/C=C2/SC(=S)N(c3cccc(F)c3)C2=O)cccc1OC. The molecule has 0 aromatic heterocycles. The van der Waals surface area contributed by atoms with Gasteiger partial charge in [-0.25, -0.2) is 9.18 Å². The summed E-state index contributed by atoms with van der Waals surface area (Å²) in [6, 6.07) is 10.8. The average molecular weight is 448 g/mol. The van der Waals surface area contributed by atoms with Crippen LogP contribution in [0.2, 0.25) is 0 Å². The zero-order chi connectivity index (χ0) is 21.7. The first-order valence-electron chi connectivity index (χ1n) is 8.93. The van der Waals surface area contributed by atoms with Gasteiger partial charge in [0, 0.05) is 5.56 Å². The number of methoxy groups -OCH3 is 1. The maximum absolute atomic E-state index is 13.6. The number of thioether (sulfide) groups is 1. The Morgan fingerprint density at radius 3 is 2.73 bits per heavy atom. The number of amides is 1. The second-order valence-electron chi connectivity index (χ2n) is 5.97. The highest BCUT2D eigenvalue weighted by Crippen LogP contribution is 2.39. The van der Waals surface area contributed by atoms with Crippen molar-refractivity contribution < 1.29 is 28.2 Å². The molecule has 1 heterocycles. The summed E-state index contributed by atoms with van der Waals surface area (Å²) >= 11 is 6.41. The largest absolute Gasteiger partial charge is 0.493 e. The zero-order valence-corrected chi connectivity index (χ0v) is 17.8. The van der Waals surface area contributed by atoms with E-state index in [0.29, 0.717) is 27.7 Å². The highest BCUT2D eigenvalue weighted by atomic mass is 32.2. The van der Waals surface area contributed by atoms with Gasteiger partial charge in [-0.3, -0.25) is 9.69 Å². The number of hydrogen-bond donors (Lipinski definition) is 0. The van der Waals surface area contributed by atoms with E-state index in [2.05, 4.69) is 0 Å². The Kier molecular flexibility index (Phi) is 7.07. The molecule has 6 nitrogen and oxygen atoms in total. The lowest BCUT2D eigenvalue weighted by Crippen LogP contribution is -2.27. The van der Waals surface area contributed by atoms with Gasteiger partial charge in [0.25, 0.3) is 5.91 Å². The third kappa shape index (κ3) is 4.80. The highest BCUT2D eigenvalue weighted by molar-refractivity contribution is 8.27. The van der Waals surface area contributed by atoms with Crippen LogP contribution in [0.3, 0.4) is 0 Å². The molecular formula is C21H18FNO5S2. The monoisotopic (exact) mass is 447 g/mol. The molecule has 1 saturated heterocycles. The molecule has 0 aliphatic carbocycles. The second-order valence-corrected chi connectivity index (χ2v) is 7.65. The summed E-state index contributed by atoms with van der Waals surface area (Å²) in [5.74, 6) is -0.674. The van der Waals surface area contributed by atoms with E-state index in [-0.39, 0.29) is 23.4 Å². The topological polar surface area (TPSA) is 65.1 Å². The van der Waals surface area contributed by atoms with Crippen LogP contribution in [0.1, 0.15) is 12.5 Å². The number of halogens is 1. The van der Waals surface area contributed by atoms with E-state index in [4.69, 9.17) is 26.4 Å². The molecular weight excluding hydrogens is 429 g/mol. The van der Waals surface area contributed by atoms with E-state index in [1.54, 1.807) is 37.3 Å². The molecule has 0 bridgehead atoms. The van der Waals surface area contributed by atoms with Crippen LogP contribution >= 0.6 is 24.0 Å². The van der Waals surface area contributed by atoms with E-state index >= 15 is 0 Å². The minimum atomic E-state index is -0.521. The third-order valence-electron chi connectivity index (χ3n) is 4.02. The maximum atomic E-state index is 13.6. The summed E-state index contributed by atoms with van der Waals surface area (Å²) in [5.41, 5.74) is 0.878. The molecule has 1 aliphatic heterocycles. The Labute approximate surface area is 182 Å². The lowest BCUT2D eigenvalue weighted by molar-refractivity contribution is -0.145. The number of rotatable bonds is 7. The fraction of sp³-hybridized carbons (Fsp3) is 0.190. The number of ether oxygens (including phenoxy) is 3. The van der Waals surface area contributed by atoms with Crippen LogP contribution in [0.15, 0.2) is 47.4 Å². The number of carbonyl (C=O) groups is 2. The van der Waals surface area contributed by atoms with Crippen LogP contribution < -0.4 is 14.4 Å². The minimum Gasteiger partial charge on any atom is -0.493 e. The van der Waals surface area contributed by atoms with Crippen LogP contribution in [-0.4, -0.2) is 36.5 Å². The summed E-state index contributed by atoms with van der Waals surface area (Å²) in [4.78, 5) is 26.2. The predicted octanol–water partition coefficient (Wildman–Crippen LogP) is 4.18. The molecule has 1 amide bonds. The van der Waals surface area contributed by atoms with Crippen molar-refractivity contribution in [2.24, 2.45) is 0 Å². The minimum absolute atomic E-state index is 0.240. The second kappa shape index (κ2) is 9.73. The van der Waals surface area contributed by atoms with Crippen molar-refractivity contribution in [1.82, 2.24) is 0 Å². The van der Waals surface area contributed by atoms with Crippen molar-refractivity contribution in [3.8, 4) is 11.5 Å². The van der Waals surface area contributed by atoms with Gasteiger partial charge >= 0.3 is 5.97 Å². The van der Waals surface area contributed by atoms with Gasteiger partial charge in [-0.1, -0.05) is 42.2 Å². The number of anilines is 1. The quantitative estimate of drug-likeness (QED) is 0.358. The Bertz CT molecular complexity index is 1020. The van der Waals surface area contributed by atoms with E-state index < -0.39 is 11.8 Å². The molecule has 0 saturated carbocycles. The number of nitrogens with zero attached hydrogens (tertiary/aromatic N) is 1. The summed E-state index contributed by atoms with van der Waals surface area (Å²) < 4.78 is 29.7. The fourth-order valence-electron chi connectivity index (χ4n) is 2.74. The van der Waals surface area contributed by atoms with Crippen molar-refractivity contribution in [2.45, 2.75) is 6.92 Å². The smallest absolute Gasteiger partial charge is 0.344 e. The summed E-state index contributed by atoms with van der Waals surface area (Å²) in [7, 11) is 1.47. The molecule has 30 heavy (non-hydrogen) atoms. The van der Waals surface area contributed by atoms with E-state index in [1.165, 1.54) is 30.2 Å². The Morgan fingerprint density at radius 1 is 1.27 bits per heavy atom. The molecule has 0 N–H and O–H groups in total. The van der Waals surface area contributed by atoms with Gasteiger partial charge in [0.1, 0.15) is 5.82 Å². The molecule has 3 rings (SSSR count). The van der Waals surface area contributed by atoms with Crippen molar-refractivity contribution in [2.75, 3.05) is 25.2 Å². The van der Waals surface area contributed by atoms with Gasteiger partial charge in [0.15, 0.2) is 22.4 Å². The van der Waals surface area contributed by atoms with Gasteiger partial charge in [-0.15, -0.1) is 0 Å². The van der Waals surface area contributed by atoms with E-state index in [0.717, 1.165) is 11.8 Å². The molecule has 1 fully saturated rings. The first-order chi connectivity index (χ1) is 14.4. The molecule has 2 aromatic carbocycles. The van der Waals surface area contributed by atoms with Crippen LogP contribution in [-0.2, 0) is 14.3 Å². The number of esters is 1.